The summed E-state index contributed by atoms with van der Waals surface area (Å²) < 4.78 is 1.41. The van der Waals surface area contributed by atoms with Crippen LogP contribution in [0.15, 0.2) is 70.7 Å². The van der Waals surface area contributed by atoms with Gasteiger partial charge in [0.05, 0.1) is 22.8 Å². The summed E-state index contributed by atoms with van der Waals surface area (Å²) in [5.74, 6) is -0.632. The van der Waals surface area contributed by atoms with Crippen LogP contribution in [0.1, 0.15) is 21.5 Å². The van der Waals surface area contributed by atoms with E-state index in [2.05, 4.69) is 10.5 Å². The Morgan fingerprint density at radius 1 is 1.00 bits per heavy atom. The summed E-state index contributed by atoms with van der Waals surface area (Å²) in [6.07, 6.45) is 2.95. The number of hydrazone groups is 1. The fraction of sp³-hybridized carbons (Fsp3) is 0.0500. The number of benzene rings is 2. The third-order valence-electron chi connectivity index (χ3n) is 3.91. The first-order valence-corrected chi connectivity index (χ1v) is 9.31. The minimum absolute atomic E-state index is 0.0381. The van der Waals surface area contributed by atoms with Gasteiger partial charge in [0.2, 0.25) is 0 Å². The summed E-state index contributed by atoms with van der Waals surface area (Å²) in [6.45, 7) is 0.251. The molecule has 0 aliphatic carbocycles. The van der Waals surface area contributed by atoms with Crippen LogP contribution < -0.4 is 11.0 Å². The highest BCUT2D eigenvalue weighted by Gasteiger charge is 2.12. The van der Waals surface area contributed by atoms with E-state index in [-0.39, 0.29) is 12.1 Å². The highest BCUT2D eigenvalue weighted by molar-refractivity contribution is 6.43. The summed E-state index contributed by atoms with van der Waals surface area (Å²) in [5.41, 5.74) is 3.16. The van der Waals surface area contributed by atoms with E-state index in [1.54, 1.807) is 36.5 Å². The molecule has 0 atom stereocenters. The Kier molecular flexibility index (Phi) is 6.52. The number of hydrogen-bond acceptors (Lipinski definition) is 3. The second-order valence-corrected chi connectivity index (χ2v) is 6.98. The fourth-order valence-electron chi connectivity index (χ4n) is 2.49. The van der Waals surface area contributed by atoms with Gasteiger partial charge in [-0.05, 0) is 29.8 Å². The first kappa shape index (κ1) is 20.1. The smallest absolute Gasteiger partial charge is 0.276 e. The molecular weight excluding hydrogens is 421 g/mol. The molecular formula is C20H14Cl3N3O2. The van der Waals surface area contributed by atoms with Crippen LogP contribution in [0, 0.1) is 0 Å². The number of halogens is 3. The average molecular weight is 435 g/mol. The molecule has 1 aromatic heterocycles. The zero-order chi connectivity index (χ0) is 20.1. The summed E-state index contributed by atoms with van der Waals surface area (Å²) in [7, 11) is 0. The lowest BCUT2D eigenvalue weighted by Gasteiger charge is -2.09. The van der Waals surface area contributed by atoms with Crippen molar-refractivity contribution in [1.29, 1.82) is 0 Å². The Hall–Kier alpha value is -2.60. The summed E-state index contributed by atoms with van der Waals surface area (Å²) in [6, 6.07) is 15.3. The van der Waals surface area contributed by atoms with E-state index in [4.69, 9.17) is 34.8 Å². The zero-order valence-corrected chi connectivity index (χ0v) is 16.7. The van der Waals surface area contributed by atoms with Crippen LogP contribution in [-0.4, -0.2) is 16.7 Å². The van der Waals surface area contributed by atoms with Crippen LogP contribution in [0.3, 0.4) is 0 Å². The summed E-state index contributed by atoms with van der Waals surface area (Å²) >= 11 is 18.1. The van der Waals surface area contributed by atoms with Crippen molar-refractivity contribution in [3.05, 3.63) is 103 Å². The number of hydrogen-bond donors (Lipinski definition) is 1. The van der Waals surface area contributed by atoms with Crippen LogP contribution in [0.5, 0.6) is 0 Å². The molecule has 0 fully saturated rings. The van der Waals surface area contributed by atoms with Gasteiger partial charge in [-0.1, -0.05) is 65.1 Å². The molecule has 2 aromatic carbocycles. The van der Waals surface area contributed by atoms with Crippen molar-refractivity contribution in [3.8, 4) is 0 Å². The number of carbonyl (C=O) groups excluding carboxylic acids is 1. The van der Waals surface area contributed by atoms with Crippen molar-refractivity contribution >= 4 is 46.9 Å². The topological polar surface area (TPSA) is 63.5 Å². The van der Waals surface area contributed by atoms with E-state index in [9.17, 15) is 9.59 Å². The maximum absolute atomic E-state index is 12.6. The van der Waals surface area contributed by atoms with Crippen LogP contribution >= 0.6 is 34.8 Å². The van der Waals surface area contributed by atoms with Crippen LogP contribution in [-0.2, 0) is 6.54 Å². The number of pyridine rings is 1. The van der Waals surface area contributed by atoms with Crippen molar-refractivity contribution in [2.75, 3.05) is 0 Å². The van der Waals surface area contributed by atoms with Gasteiger partial charge in [-0.3, -0.25) is 9.59 Å². The lowest BCUT2D eigenvalue weighted by Crippen LogP contribution is -2.31. The number of aromatic nitrogens is 1. The summed E-state index contributed by atoms with van der Waals surface area (Å²) in [4.78, 5) is 25.0. The van der Waals surface area contributed by atoms with E-state index in [1.807, 2.05) is 18.2 Å². The van der Waals surface area contributed by atoms with Gasteiger partial charge in [0, 0.05) is 16.8 Å². The van der Waals surface area contributed by atoms with Gasteiger partial charge in [0.15, 0.2) is 0 Å². The van der Waals surface area contributed by atoms with Crippen molar-refractivity contribution in [1.82, 2.24) is 9.99 Å². The Bertz CT molecular complexity index is 1110. The minimum Gasteiger partial charge on any atom is -0.310 e. The standard InChI is InChI=1S/C20H14Cl3N3O2/c21-16-8-2-1-5-14(16)12-26-10-4-7-15(20(26)28)19(27)25-24-11-13-6-3-9-17(22)18(13)23/h1-11H,12H2,(H,25,27)/b24-11-. The molecule has 0 aliphatic heterocycles. The number of amides is 1. The Morgan fingerprint density at radius 2 is 1.75 bits per heavy atom. The molecule has 0 spiro atoms. The monoisotopic (exact) mass is 433 g/mol. The quantitative estimate of drug-likeness (QED) is 0.470. The molecule has 0 saturated heterocycles. The third-order valence-corrected chi connectivity index (χ3v) is 5.12. The molecule has 0 saturated carbocycles. The number of carbonyl (C=O) groups is 1. The predicted molar refractivity (Wildman–Crippen MR) is 113 cm³/mol. The largest absolute Gasteiger partial charge is 0.310 e. The van der Waals surface area contributed by atoms with Crippen molar-refractivity contribution in [2.24, 2.45) is 5.10 Å². The zero-order valence-electron chi connectivity index (χ0n) is 14.4. The third kappa shape index (κ3) is 4.62. The molecule has 1 amide bonds. The van der Waals surface area contributed by atoms with Crippen LogP contribution in [0.2, 0.25) is 15.1 Å². The number of rotatable bonds is 5. The minimum atomic E-state index is -0.632. The molecule has 3 rings (SSSR count). The van der Waals surface area contributed by atoms with Crippen LogP contribution in [0.4, 0.5) is 0 Å². The highest BCUT2D eigenvalue weighted by atomic mass is 35.5. The normalized spacial score (nSPS) is 11.0. The molecule has 142 valence electrons. The SMILES string of the molecule is O=C(N/N=C\c1cccc(Cl)c1Cl)c1cccn(Cc2ccccc2Cl)c1=O. The molecule has 0 unspecified atom stereocenters. The molecule has 1 N–H and O–H groups in total. The van der Waals surface area contributed by atoms with E-state index >= 15 is 0 Å². The molecule has 3 aromatic rings. The van der Waals surface area contributed by atoms with Gasteiger partial charge in [-0.2, -0.15) is 5.10 Å². The predicted octanol–water partition coefficient (Wildman–Crippen LogP) is 4.62. The van der Waals surface area contributed by atoms with Gasteiger partial charge in [0.25, 0.3) is 11.5 Å². The maximum atomic E-state index is 12.6. The van der Waals surface area contributed by atoms with Crippen molar-refractivity contribution in [3.63, 3.8) is 0 Å². The van der Waals surface area contributed by atoms with Crippen molar-refractivity contribution < 1.29 is 4.79 Å². The van der Waals surface area contributed by atoms with E-state index in [0.717, 1.165) is 5.56 Å². The lowest BCUT2D eigenvalue weighted by atomic mass is 10.2. The highest BCUT2D eigenvalue weighted by Crippen LogP contribution is 2.24. The second-order valence-electron chi connectivity index (χ2n) is 5.79. The summed E-state index contributed by atoms with van der Waals surface area (Å²) in [5, 5.41) is 5.10. The molecule has 8 heteroatoms. The Balaban J connectivity index is 1.77. The Labute approximate surface area is 176 Å². The first-order valence-electron chi connectivity index (χ1n) is 8.17. The molecule has 0 aliphatic rings. The molecule has 0 bridgehead atoms. The van der Waals surface area contributed by atoms with E-state index in [0.29, 0.717) is 20.6 Å². The fourth-order valence-corrected chi connectivity index (χ4v) is 3.04. The first-order chi connectivity index (χ1) is 13.5. The average Bonchev–Trinajstić information content (AvgIpc) is 2.68. The van der Waals surface area contributed by atoms with Crippen molar-refractivity contribution in [2.45, 2.75) is 6.54 Å². The number of nitrogens with zero attached hydrogens (tertiary/aromatic N) is 2. The lowest BCUT2D eigenvalue weighted by molar-refractivity contribution is 0.0953. The maximum Gasteiger partial charge on any atom is 0.276 e. The van der Waals surface area contributed by atoms with E-state index in [1.165, 1.54) is 16.8 Å². The van der Waals surface area contributed by atoms with Gasteiger partial charge < -0.3 is 4.57 Å². The van der Waals surface area contributed by atoms with Gasteiger partial charge in [0.1, 0.15) is 5.56 Å². The molecule has 0 radical (unpaired) electrons. The number of nitrogens with one attached hydrogen (secondary N) is 1. The van der Waals surface area contributed by atoms with Gasteiger partial charge in [-0.15, -0.1) is 0 Å². The molecule has 5 nitrogen and oxygen atoms in total. The second kappa shape index (κ2) is 9.06. The molecule has 1 heterocycles. The Morgan fingerprint density at radius 3 is 2.54 bits per heavy atom. The molecule has 28 heavy (non-hydrogen) atoms. The van der Waals surface area contributed by atoms with Gasteiger partial charge in [-0.25, -0.2) is 5.43 Å². The van der Waals surface area contributed by atoms with E-state index < -0.39 is 11.5 Å². The van der Waals surface area contributed by atoms with Gasteiger partial charge >= 0.3 is 0 Å². The van der Waals surface area contributed by atoms with Crippen LogP contribution in [0.25, 0.3) is 0 Å².